The van der Waals surface area contributed by atoms with Crippen LogP contribution in [0.4, 0.5) is 13.2 Å². The molecule has 0 saturated carbocycles. The first-order valence-electron chi connectivity index (χ1n) is 9.72. The molecule has 0 amide bonds. The van der Waals surface area contributed by atoms with Gasteiger partial charge in [-0.05, 0) is 53.1 Å². The van der Waals surface area contributed by atoms with Crippen molar-refractivity contribution < 1.29 is 31.2 Å². The number of hydrogen-bond acceptors (Lipinski definition) is 4. The number of alkyl halides is 3. The lowest BCUT2D eigenvalue weighted by molar-refractivity contribution is -0.0510. The van der Waals surface area contributed by atoms with Crippen LogP contribution in [0.2, 0.25) is 0 Å². The van der Waals surface area contributed by atoms with Crippen LogP contribution in [0.5, 0.6) is 5.75 Å². The van der Waals surface area contributed by atoms with Crippen molar-refractivity contribution in [1.29, 1.82) is 0 Å². The predicted molar refractivity (Wildman–Crippen MR) is 124 cm³/mol. The average Bonchev–Trinajstić information content (AvgIpc) is 2.83. The first-order valence-corrected chi connectivity index (χ1v) is 12.0. The summed E-state index contributed by atoms with van der Waals surface area (Å²) in [5, 5.41) is 11.6. The minimum absolute atomic E-state index is 0.309. The van der Waals surface area contributed by atoms with Gasteiger partial charge in [-0.15, -0.1) is 11.3 Å². The summed E-state index contributed by atoms with van der Waals surface area (Å²) in [6, 6.07) is 26.6. The summed E-state index contributed by atoms with van der Waals surface area (Å²) in [4.78, 5) is 1.34. The second-order valence-corrected chi connectivity index (χ2v) is 9.42. The van der Waals surface area contributed by atoms with Gasteiger partial charge in [-0.1, -0.05) is 66.7 Å². The Hall–Kier alpha value is -2.88. The van der Waals surface area contributed by atoms with Crippen molar-refractivity contribution in [3.63, 3.8) is 0 Å². The van der Waals surface area contributed by atoms with Crippen molar-refractivity contribution in [1.82, 2.24) is 0 Å². The fourth-order valence-corrected chi connectivity index (χ4v) is 3.64. The van der Waals surface area contributed by atoms with E-state index in [1.165, 1.54) is 27.1 Å². The minimum atomic E-state index is -5.84. The molecule has 1 heterocycles. The standard InChI is InChI=1S/C23H22OS.CHF3O3S/c1-18-8-5-6-9-20(18)17-21-10-4-2-3-7-15-25-23(21)16-19-11-13-22(24)14-12-19;2-1(3,4)8(5,6)7/h2-15,24H,16-17H2,1H3;(H,5,6,7). The average molecular weight is 497 g/mol. The molecule has 3 aromatic rings. The fourth-order valence-electron chi connectivity index (χ4n) is 2.76. The van der Waals surface area contributed by atoms with Crippen LogP contribution in [0.1, 0.15) is 27.1 Å². The van der Waals surface area contributed by atoms with E-state index in [9.17, 15) is 18.3 Å². The lowest BCUT2D eigenvalue weighted by Gasteiger charge is -2.09. The molecule has 0 unspecified atom stereocenters. The molecule has 1 aromatic heterocycles. The maximum atomic E-state index is 10.7. The molecule has 9 heteroatoms. The predicted octanol–water partition coefficient (Wildman–Crippen LogP) is 6.46. The van der Waals surface area contributed by atoms with Crippen molar-refractivity contribution in [2.45, 2.75) is 25.3 Å². The van der Waals surface area contributed by atoms with Gasteiger partial charge < -0.3 is 5.11 Å². The Morgan fingerprint density at radius 1 is 0.818 bits per heavy atom. The van der Waals surface area contributed by atoms with Gasteiger partial charge in [0, 0.05) is 11.3 Å². The highest BCUT2D eigenvalue weighted by Gasteiger charge is 2.44. The van der Waals surface area contributed by atoms with Crippen LogP contribution < -0.4 is 0 Å². The molecular weight excluding hydrogens is 473 g/mol. The quantitative estimate of drug-likeness (QED) is 0.321. The largest absolute Gasteiger partial charge is 0.522 e. The molecule has 2 N–H and O–H groups in total. The van der Waals surface area contributed by atoms with E-state index >= 15 is 0 Å². The molecule has 2 aromatic carbocycles. The van der Waals surface area contributed by atoms with Gasteiger partial charge in [-0.2, -0.15) is 21.6 Å². The molecule has 0 aliphatic carbocycles. The highest BCUT2D eigenvalue weighted by molar-refractivity contribution is 7.86. The van der Waals surface area contributed by atoms with Crippen LogP contribution in [0, 0.1) is 6.92 Å². The second-order valence-electron chi connectivity index (χ2n) is 7.01. The normalized spacial score (nSPS) is 11.2. The maximum absolute atomic E-state index is 10.7. The third-order valence-corrected chi connectivity index (χ3v) is 6.08. The van der Waals surface area contributed by atoms with Gasteiger partial charge >= 0.3 is 15.6 Å². The Kier molecular flexibility index (Phi) is 9.45. The van der Waals surface area contributed by atoms with Crippen LogP contribution in [0.3, 0.4) is 0 Å². The zero-order valence-corrected chi connectivity index (χ0v) is 19.3. The van der Waals surface area contributed by atoms with Crippen molar-refractivity contribution in [2.75, 3.05) is 0 Å². The van der Waals surface area contributed by atoms with Crippen molar-refractivity contribution >= 4 is 21.5 Å². The third kappa shape index (κ3) is 8.88. The highest BCUT2D eigenvalue weighted by Crippen LogP contribution is 2.23. The highest BCUT2D eigenvalue weighted by atomic mass is 32.2. The number of aryl methyl sites for hydroxylation is 1. The molecule has 176 valence electrons. The summed E-state index contributed by atoms with van der Waals surface area (Å²) in [5.74, 6) is 0.309. The van der Waals surface area contributed by atoms with E-state index in [1.54, 1.807) is 23.5 Å². The molecule has 0 radical (unpaired) electrons. The molecule has 4 nitrogen and oxygen atoms in total. The van der Waals surface area contributed by atoms with Gasteiger partial charge in [0.15, 0.2) is 0 Å². The number of benzene rings is 2. The molecular formula is C24H23F3O4S2. The van der Waals surface area contributed by atoms with E-state index in [2.05, 4.69) is 66.9 Å². The molecule has 0 spiro atoms. The van der Waals surface area contributed by atoms with Gasteiger partial charge in [-0.25, -0.2) is 0 Å². The third-order valence-electron chi connectivity index (χ3n) is 4.51. The molecule has 0 bridgehead atoms. The molecule has 0 aliphatic heterocycles. The number of rotatable bonds is 4. The first kappa shape index (κ1) is 26.4. The van der Waals surface area contributed by atoms with E-state index in [-0.39, 0.29) is 0 Å². The van der Waals surface area contributed by atoms with Crippen LogP contribution in [-0.2, 0) is 23.0 Å². The van der Waals surface area contributed by atoms with Gasteiger partial charge in [0.05, 0.1) is 0 Å². The van der Waals surface area contributed by atoms with Gasteiger partial charge in [0.25, 0.3) is 0 Å². The number of hydrogen-bond donors (Lipinski definition) is 2. The molecule has 3 rings (SSSR count). The van der Waals surface area contributed by atoms with E-state index < -0.39 is 15.6 Å². The SMILES string of the molecule is Cc1ccccc1Cc1ccccccsc1Cc1ccc(O)cc1.O=S(=O)(O)C(F)(F)F. The molecule has 0 aliphatic rings. The monoisotopic (exact) mass is 496 g/mol. The Morgan fingerprint density at radius 3 is 1.97 bits per heavy atom. The summed E-state index contributed by atoms with van der Waals surface area (Å²) in [6.07, 6.45) is 1.78. The molecule has 0 atom stereocenters. The van der Waals surface area contributed by atoms with Crippen molar-refractivity contribution in [3.05, 3.63) is 111 Å². The first-order chi connectivity index (χ1) is 15.5. The smallest absolute Gasteiger partial charge is 0.508 e. The Balaban J connectivity index is 0.000000414. The van der Waals surface area contributed by atoms with Crippen LogP contribution in [0.25, 0.3) is 0 Å². The zero-order chi connectivity index (χ0) is 24.5. The van der Waals surface area contributed by atoms with Crippen LogP contribution >= 0.6 is 11.3 Å². The Morgan fingerprint density at radius 2 is 1.36 bits per heavy atom. The van der Waals surface area contributed by atoms with Crippen LogP contribution in [0.15, 0.2) is 84.2 Å². The number of halogens is 3. The maximum Gasteiger partial charge on any atom is 0.522 e. The molecule has 33 heavy (non-hydrogen) atoms. The van der Waals surface area contributed by atoms with E-state index in [1.807, 2.05) is 12.1 Å². The minimum Gasteiger partial charge on any atom is -0.508 e. The molecule has 0 fully saturated rings. The van der Waals surface area contributed by atoms with Crippen LogP contribution in [-0.4, -0.2) is 23.6 Å². The lowest BCUT2D eigenvalue weighted by Crippen LogP contribution is -2.21. The molecule has 0 saturated heterocycles. The van der Waals surface area contributed by atoms with Crippen molar-refractivity contribution in [3.8, 4) is 5.75 Å². The van der Waals surface area contributed by atoms with Crippen molar-refractivity contribution in [2.24, 2.45) is 0 Å². The summed E-state index contributed by atoms with van der Waals surface area (Å²) in [6.45, 7) is 2.17. The number of phenols is 1. The summed E-state index contributed by atoms with van der Waals surface area (Å²) in [5.41, 5.74) is -0.311. The van der Waals surface area contributed by atoms with Gasteiger partial charge in [0.2, 0.25) is 0 Å². The van der Waals surface area contributed by atoms with E-state index in [4.69, 9.17) is 13.0 Å². The summed E-state index contributed by atoms with van der Waals surface area (Å²) >= 11 is 1.78. The van der Waals surface area contributed by atoms with Gasteiger partial charge in [0.1, 0.15) is 5.75 Å². The fraction of sp³-hybridized carbons (Fsp3) is 0.167. The Labute approximate surface area is 195 Å². The summed E-state index contributed by atoms with van der Waals surface area (Å²) in [7, 11) is -5.84. The lowest BCUT2D eigenvalue weighted by atomic mass is 9.99. The Bertz CT molecular complexity index is 1200. The topological polar surface area (TPSA) is 74.6 Å². The van der Waals surface area contributed by atoms with E-state index in [0.717, 1.165) is 12.8 Å². The van der Waals surface area contributed by atoms with Gasteiger partial charge in [-0.3, -0.25) is 4.55 Å². The summed E-state index contributed by atoms with van der Waals surface area (Å²) < 4.78 is 57.5. The number of phenolic OH excluding ortho intramolecular Hbond substituents is 1. The zero-order valence-electron chi connectivity index (χ0n) is 17.7. The number of aromatic hydroxyl groups is 1. The van der Waals surface area contributed by atoms with E-state index in [0.29, 0.717) is 5.75 Å². The second kappa shape index (κ2) is 11.8.